The minimum absolute atomic E-state index is 0.143. The lowest BCUT2D eigenvalue weighted by Crippen LogP contribution is -2.13. The van der Waals surface area contributed by atoms with E-state index in [-0.39, 0.29) is 4.90 Å². The van der Waals surface area contributed by atoms with Gasteiger partial charge in [0.2, 0.25) is 0 Å². The van der Waals surface area contributed by atoms with Gasteiger partial charge >= 0.3 is 0 Å². The number of halogens is 1. The Labute approximate surface area is 165 Å². The standard InChI is InChI=1S/C18H17BrN4O3S/c1-26-16-8-7-14(11-15(16)19)27(24,25)22-13-5-2-4-12(10-13)18-21-20-17-6-3-9-23(17)18/h2,4-5,7-8,10-11,22H,3,6,9H2,1H3. The van der Waals surface area contributed by atoms with Gasteiger partial charge in [-0.1, -0.05) is 12.1 Å². The molecule has 0 fully saturated rings. The van der Waals surface area contributed by atoms with E-state index in [9.17, 15) is 8.42 Å². The Morgan fingerprint density at radius 3 is 2.81 bits per heavy atom. The summed E-state index contributed by atoms with van der Waals surface area (Å²) in [5.41, 5.74) is 1.29. The molecule has 2 heterocycles. The lowest BCUT2D eigenvalue weighted by molar-refractivity contribution is 0.411. The summed E-state index contributed by atoms with van der Waals surface area (Å²) >= 11 is 3.32. The van der Waals surface area contributed by atoms with Crippen molar-refractivity contribution >= 4 is 31.6 Å². The average Bonchev–Trinajstić information content (AvgIpc) is 3.25. The van der Waals surface area contributed by atoms with E-state index in [1.165, 1.54) is 19.2 Å². The van der Waals surface area contributed by atoms with Crippen LogP contribution in [-0.2, 0) is 23.0 Å². The van der Waals surface area contributed by atoms with Gasteiger partial charge in [0.05, 0.1) is 16.5 Å². The van der Waals surface area contributed by atoms with E-state index in [0.29, 0.717) is 15.9 Å². The second-order valence-corrected chi connectivity index (χ2v) is 8.71. The third-order valence-electron chi connectivity index (χ3n) is 4.42. The fraction of sp³-hybridized carbons (Fsp3) is 0.222. The molecule has 0 aliphatic carbocycles. The van der Waals surface area contributed by atoms with Gasteiger partial charge in [-0.3, -0.25) is 4.72 Å². The van der Waals surface area contributed by atoms with Gasteiger partial charge in [-0.25, -0.2) is 8.42 Å². The highest BCUT2D eigenvalue weighted by Crippen LogP contribution is 2.29. The van der Waals surface area contributed by atoms with Crippen LogP contribution in [0.2, 0.25) is 0 Å². The van der Waals surface area contributed by atoms with Crippen molar-refractivity contribution in [3.05, 3.63) is 52.8 Å². The molecule has 4 rings (SSSR count). The second kappa shape index (κ2) is 6.97. The van der Waals surface area contributed by atoms with E-state index in [1.807, 2.05) is 6.07 Å². The molecule has 27 heavy (non-hydrogen) atoms. The van der Waals surface area contributed by atoms with Crippen LogP contribution in [0, 0.1) is 0 Å². The maximum atomic E-state index is 12.7. The zero-order valence-corrected chi connectivity index (χ0v) is 16.9. The highest BCUT2D eigenvalue weighted by molar-refractivity contribution is 9.10. The van der Waals surface area contributed by atoms with E-state index < -0.39 is 10.0 Å². The molecule has 140 valence electrons. The van der Waals surface area contributed by atoms with Crippen LogP contribution in [0.4, 0.5) is 5.69 Å². The van der Waals surface area contributed by atoms with Crippen LogP contribution in [0.25, 0.3) is 11.4 Å². The highest BCUT2D eigenvalue weighted by atomic mass is 79.9. The fourth-order valence-corrected chi connectivity index (χ4v) is 4.88. The van der Waals surface area contributed by atoms with Gasteiger partial charge in [-0.15, -0.1) is 10.2 Å². The molecule has 0 saturated heterocycles. The quantitative estimate of drug-likeness (QED) is 0.645. The average molecular weight is 449 g/mol. The van der Waals surface area contributed by atoms with Crippen LogP contribution in [0.5, 0.6) is 5.75 Å². The number of rotatable bonds is 5. The Bertz CT molecular complexity index is 1110. The molecule has 0 atom stereocenters. The molecule has 1 aromatic heterocycles. The molecule has 1 aliphatic heterocycles. The van der Waals surface area contributed by atoms with Crippen molar-refractivity contribution in [2.75, 3.05) is 11.8 Å². The number of nitrogens with zero attached hydrogens (tertiary/aromatic N) is 3. The topological polar surface area (TPSA) is 86.1 Å². The van der Waals surface area contributed by atoms with Crippen LogP contribution >= 0.6 is 15.9 Å². The Morgan fingerprint density at radius 1 is 1.19 bits per heavy atom. The number of sulfonamides is 1. The van der Waals surface area contributed by atoms with Gasteiger partial charge in [0, 0.05) is 24.2 Å². The zero-order chi connectivity index (χ0) is 19.0. The van der Waals surface area contributed by atoms with Crippen LogP contribution in [0.15, 0.2) is 51.8 Å². The predicted octanol–water partition coefficient (Wildman–Crippen LogP) is 3.46. The number of aromatic nitrogens is 3. The highest BCUT2D eigenvalue weighted by Gasteiger charge is 2.20. The lowest BCUT2D eigenvalue weighted by atomic mass is 10.2. The number of hydrogen-bond acceptors (Lipinski definition) is 5. The number of benzene rings is 2. The lowest BCUT2D eigenvalue weighted by Gasteiger charge is -2.11. The smallest absolute Gasteiger partial charge is 0.261 e. The Balaban J connectivity index is 1.63. The summed E-state index contributed by atoms with van der Waals surface area (Å²) in [7, 11) is -2.21. The summed E-state index contributed by atoms with van der Waals surface area (Å²) in [4.78, 5) is 0.143. The summed E-state index contributed by atoms with van der Waals surface area (Å²) in [6.07, 6.45) is 1.97. The van der Waals surface area contributed by atoms with Crippen LogP contribution < -0.4 is 9.46 Å². The van der Waals surface area contributed by atoms with Crippen molar-refractivity contribution in [1.29, 1.82) is 0 Å². The van der Waals surface area contributed by atoms with Crippen molar-refractivity contribution in [3.63, 3.8) is 0 Å². The van der Waals surface area contributed by atoms with Crippen LogP contribution in [-0.4, -0.2) is 30.3 Å². The molecular weight excluding hydrogens is 432 g/mol. The first-order valence-electron chi connectivity index (χ1n) is 8.37. The monoisotopic (exact) mass is 448 g/mol. The predicted molar refractivity (Wildman–Crippen MR) is 105 cm³/mol. The SMILES string of the molecule is COc1ccc(S(=O)(=O)Nc2cccc(-c3nnc4n3CCC4)c2)cc1Br. The Morgan fingerprint density at radius 2 is 2.04 bits per heavy atom. The third-order valence-corrected chi connectivity index (χ3v) is 6.41. The van der Waals surface area contributed by atoms with Crippen molar-refractivity contribution in [2.45, 2.75) is 24.3 Å². The van der Waals surface area contributed by atoms with Gasteiger partial charge in [0.1, 0.15) is 11.6 Å². The summed E-state index contributed by atoms with van der Waals surface area (Å²) < 4.78 is 35.9. The second-order valence-electron chi connectivity index (χ2n) is 6.18. The molecule has 7 nitrogen and oxygen atoms in total. The van der Waals surface area contributed by atoms with Crippen molar-refractivity contribution in [3.8, 4) is 17.1 Å². The molecule has 9 heteroatoms. The summed E-state index contributed by atoms with van der Waals surface area (Å²) in [6, 6.07) is 11.8. The van der Waals surface area contributed by atoms with E-state index in [0.717, 1.165) is 36.6 Å². The minimum Gasteiger partial charge on any atom is -0.496 e. The van der Waals surface area contributed by atoms with Crippen molar-refractivity contribution in [2.24, 2.45) is 0 Å². The van der Waals surface area contributed by atoms with E-state index >= 15 is 0 Å². The Kier molecular flexibility index (Phi) is 4.65. The molecule has 0 radical (unpaired) electrons. The molecule has 2 aromatic carbocycles. The van der Waals surface area contributed by atoms with Crippen molar-refractivity contribution < 1.29 is 13.2 Å². The molecule has 3 aromatic rings. The molecule has 0 bridgehead atoms. The summed E-state index contributed by atoms with van der Waals surface area (Å²) in [5.74, 6) is 2.30. The maximum Gasteiger partial charge on any atom is 0.261 e. The molecule has 1 N–H and O–H groups in total. The summed E-state index contributed by atoms with van der Waals surface area (Å²) in [6.45, 7) is 0.882. The van der Waals surface area contributed by atoms with Crippen molar-refractivity contribution in [1.82, 2.24) is 14.8 Å². The van der Waals surface area contributed by atoms with Gasteiger partial charge in [-0.2, -0.15) is 0 Å². The zero-order valence-electron chi connectivity index (χ0n) is 14.5. The third kappa shape index (κ3) is 3.44. The minimum atomic E-state index is -3.74. The van der Waals surface area contributed by atoms with E-state index in [2.05, 4.69) is 35.4 Å². The molecule has 0 spiro atoms. The Hall–Kier alpha value is -2.39. The number of methoxy groups -OCH3 is 1. The number of aryl methyl sites for hydroxylation is 1. The first-order valence-corrected chi connectivity index (χ1v) is 10.6. The summed E-state index contributed by atoms with van der Waals surface area (Å²) in [5, 5.41) is 8.46. The van der Waals surface area contributed by atoms with Gasteiger partial charge in [-0.05, 0) is 52.7 Å². The number of hydrogen-bond donors (Lipinski definition) is 1. The normalized spacial score (nSPS) is 13.4. The van der Waals surface area contributed by atoms with Gasteiger partial charge in [0.15, 0.2) is 5.82 Å². The number of fused-ring (bicyclic) bond motifs is 1. The van der Waals surface area contributed by atoms with Crippen LogP contribution in [0.1, 0.15) is 12.2 Å². The van der Waals surface area contributed by atoms with Crippen LogP contribution in [0.3, 0.4) is 0 Å². The van der Waals surface area contributed by atoms with Gasteiger partial charge in [0.25, 0.3) is 10.0 Å². The largest absolute Gasteiger partial charge is 0.496 e. The number of nitrogens with one attached hydrogen (secondary N) is 1. The van der Waals surface area contributed by atoms with E-state index in [1.54, 1.807) is 24.3 Å². The first-order chi connectivity index (χ1) is 13.0. The maximum absolute atomic E-state index is 12.7. The molecule has 0 amide bonds. The van der Waals surface area contributed by atoms with E-state index in [4.69, 9.17) is 4.74 Å². The van der Waals surface area contributed by atoms with Gasteiger partial charge < -0.3 is 9.30 Å². The molecule has 0 unspecified atom stereocenters. The molecule has 0 saturated carbocycles. The first kappa shape index (κ1) is 18.0. The fourth-order valence-electron chi connectivity index (χ4n) is 3.11. The molecular formula is C18H17BrN4O3S. The molecule has 1 aliphatic rings. The number of ether oxygens (including phenoxy) is 1. The number of anilines is 1.